The molecule has 2 heterocycles. The SMILES string of the molecule is CC(C)C[C@H](NC(=O)[C@H](C)NC(=O)[C@H](CC(C)C)NC(=O)[C@H](CCC(N)=O)NC(=O)CNC(=O)[C@@H]1C[C@@H](O)CN1)C(=O)N[C@@H](C)C(=O)NCC(=O)N1CCC[C@H]1C(=O)N[C@@H](CCCCN)C(=O)O. The van der Waals surface area contributed by atoms with Crippen molar-refractivity contribution in [3.05, 3.63) is 0 Å². The molecule has 0 aliphatic carbocycles. The summed E-state index contributed by atoms with van der Waals surface area (Å²) in [5.74, 6) is -8.68. The minimum absolute atomic E-state index is 0.0831. The first-order valence-corrected chi connectivity index (χ1v) is 23.2. The van der Waals surface area contributed by atoms with Gasteiger partial charge >= 0.3 is 5.97 Å². The van der Waals surface area contributed by atoms with Crippen molar-refractivity contribution < 1.29 is 63.0 Å². The first kappa shape index (κ1) is 58.2. The number of unbranched alkanes of at least 4 members (excludes halogenated alkanes) is 1. The second-order valence-corrected chi connectivity index (χ2v) is 18.2. The van der Waals surface area contributed by atoms with E-state index >= 15 is 0 Å². The lowest BCUT2D eigenvalue weighted by Crippen LogP contribution is -2.59. The van der Waals surface area contributed by atoms with Gasteiger partial charge in [0.1, 0.15) is 42.3 Å². The number of amides is 10. The highest BCUT2D eigenvalue weighted by Crippen LogP contribution is 2.18. The van der Waals surface area contributed by atoms with Crippen LogP contribution in [-0.4, -0.2) is 167 Å². The van der Waals surface area contributed by atoms with Gasteiger partial charge in [0.15, 0.2) is 0 Å². The van der Waals surface area contributed by atoms with E-state index in [1.54, 1.807) is 27.7 Å². The highest BCUT2D eigenvalue weighted by Gasteiger charge is 2.37. The quantitative estimate of drug-likeness (QED) is 0.0314. The number of β-amino-alcohol motifs (C(OH)–C–C–N with tert-alkyl or cyclic N) is 1. The van der Waals surface area contributed by atoms with E-state index < -0.39 is 133 Å². The van der Waals surface area contributed by atoms with Crippen molar-refractivity contribution in [3.8, 4) is 0 Å². The molecule has 0 aromatic carbocycles. The minimum atomic E-state index is -1.35. The number of hydrogen-bond acceptors (Lipinski definition) is 14. The van der Waals surface area contributed by atoms with Crippen molar-refractivity contribution in [2.45, 2.75) is 160 Å². The number of carboxylic acid groups (broad SMARTS) is 1. The smallest absolute Gasteiger partial charge is 0.326 e. The number of carboxylic acids is 1. The zero-order valence-corrected chi connectivity index (χ0v) is 39.9. The minimum Gasteiger partial charge on any atom is -0.480 e. The zero-order valence-electron chi connectivity index (χ0n) is 39.9. The number of hydrogen-bond donors (Lipinski definition) is 13. The van der Waals surface area contributed by atoms with E-state index in [0.717, 1.165) is 0 Å². The van der Waals surface area contributed by atoms with Crippen molar-refractivity contribution in [1.82, 2.24) is 52.8 Å². The van der Waals surface area contributed by atoms with E-state index in [1.807, 2.05) is 0 Å². The summed E-state index contributed by atoms with van der Waals surface area (Å²) in [4.78, 5) is 143. The molecule has 0 radical (unpaired) electrons. The molecular weight excluding hydrogens is 893 g/mol. The Bertz CT molecular complexity index is 1800. The van der Waals surface area contributed by atoms with Crippen LogP contribution in [0.4, 0.5) is 0 Å². The van der Waals surface area contributed by atoms with Crippen molar-refractivity contribution >= 4 is 65.0 Å². The second-order valence-electron chi connectivity index (χ2n) is 18.2. The maximum absolute atomic E-state index is 13.6. The number of nitrogens with one attached hydrogen (secondary N) is 9. The third kappa shape index (κ3) is 20.5. The van der Waals surface area contributed by atoms with Crippen molar-refractivity contribution in [2.24, 2.45) is 23.3 Å². The molecule has 10 amide bonds. The number of nitrogens with zero attached hydrogens (tertiary/aromatic N) is 1. The molecule has 68 heavy (non-hydrogen) atoms. The molecule has 0 spiro atoms. The van der Waals surface area contributed by atoms with E-state index in [-0.39, 0.29) is 63.5 Å². The van der Waals surface area contributed by atoms with E-state index in [2.05, 4.69) is 47.9 Å². The summed E-state index contributed by atoms with van der Waals surface area (Å²) in [6.45, 7) is 9.61. The summed E-state index contributed by atoms with van der Waals surface area (Å²) < 4.78 is 0. The number of rotatable bonds is 29. The Morgan fingerprint density at radius 2 is 1.24 bits per heavy atom. The van der Waals surface area contributed by atoms with Gasteiger partial charge in [-0.25, -0.2) is 4.79 Å². The average Bonchev–Trinajstić information content (AvgIpc) is 3.94. The summed E-state index contributed by atoms with van der Waals surface area (Å²) in [6, 6.07) is -9.01. The van der Waals surface area contributed by atoms with E-state index in [9.17, 15) is 63.0 Å². The number of aliphatic hydroxyl groups is 1. The zero-order chi connectivity index (χ0) is 51.2. The topological polar surface area (TPSA) is 392 Å². The van der Waals surface area contributed by atoms with Crippen LogP contribution in [0.2, 0.25) is 0 Å². The number of carbonyl (C=O) groups excluding carboxylic acids is 10. The van der Waals surface area contributed by atoms with Crippen molar-refractivity contribution in [2.75, 3.05) is 32.7 Å². The molecule has 15 N–H and O–H groups in total. The lowest BCUT2D eigenvalue weighted by molar-refractivity contribution is -0.144. The van der Waals surface area contributed by atoms with E-state index in [4.69, 9.17) is 11.5 Å². The number of primary amides is 1. The molecule has 25 heteroatoms. The molecule has 2 fully saturated rings. The summed E-state index contributed by atoms with van der Waals surface area (Å²) >= 11 is 0. The molecule has 9 atom stereocenters. The van der Waals surface area contributed by atoms with Crippen LogP contribution in [0.5, 0.6) is 0 Å². The van der Waals surface area contributed by atoms with Crippen LogP contribution in [0.25, 0.3) is 0 Å². The van der Waals surface area contributed by atoms with Gasteiger partial charge in [-0.15, -0.1) is 0 Å². The van der Waals surface area contributed by atoms with Crippen LogP contribution in [0.1, 0.15) is 106 Å². The number of aliphatic carboxylic acids is 1. The van der Waals surface area contributed by atoms with E-state index in [0.29, 0.717) is 32.2 Å². The fraction of sp³-hybridized carbons (Fsp3) is 0.744. The van der Waals surface area contributed by atoms with Gasteiger partial charge in [0, 0.05) is 19.5 Å². The van der Waals surface area contributed by atoms with Gasteiger partial charge in [0.2, 0.25) is 59.1 Å². The molecule has 2 aliphatic rings. The summed E-state index contributed by atoms with van der Waals surface area (Å²) in [5, 5.41) is 42.1. The van der Waals surface area contributed by atoms with Crippen LogP contribution >= 0.6 is 0 Å². The first-order valence-electron chi connectivity index (χ1n) is 23.2. The largest absolute Gasteiger partial charge is 0.480 e. The Morgan fingerprint density at radius 1 is 0.662 bits per heavy atom. The third-order valence-electron chi connectivity index (χ3n) is 11.2. The van der Waals surface area contributed by atoms with Crippen LogP contribution in [0.3, 0.4) is 0 Å². The van der Waals surface area contributed by atoms with Gasteiger partial charge in [-0.1, -0.05) is 27.7 Å². The standard InChI is InChI=1S/C43H74N12O13/c1-22(2)16-30(40(64)49-24(5)36(60)48-21-35(59)55-15-9-11-32(55)42(66)52-28(43(67)68)10-7-8-14-44)53-37(61)25(6)50-41(65)31(17-23(3)4)54-39(63)27(12-13-33(45)57)51-34(58)20-47-38(62)29-18-26(56)19-46-29/h22-32,46,56H,7-21,44H2,1-6H3,(H2,45,57)(H,47,62)(H,48,60)(H,49,64)(H,50,65)(H,51,58)(H,52,66)(H,53,61)(H,54,63)(H,67,68)/t24-,25-,26+,27-,28-,29-,30-,31-,32-/m0/s1. The Balaban J connectivity index is 2.02. The molecule has 2 aliphatic heterocycles. The van der Waals surface area contributed by atoms with Crippen LogP contribution in [0.15, 0.2) is 0 Å². The number of aliphatic hydroxyl groups excluding tert-OH is 1. The van der Waals surface area contributed by atoms with Gasteiger partial charge < -0.3 is 74.4 Å². The van der Waals surface area contributed by atoms with Gasteiger partial charge in [-0.2, -0.15) is 0 Å². The fourth-order valence-corrected chi connectivity index (χ4v) is 7.52. The average molecular weight is 967 g/mol. The molecule has 2 rings (SSSR count). The molecule has 0 saturated carbocycles. The molecular formula is C43H74N12O13. The molecule has 25 nitrogen and oxygen atoms in total. The van der Waals surface area contributed by atoms with Gasteiger partial charge in [0.05, 0.1) is 25.2 Å². The predicted octanol–water partition coefficient (Wildman–Crippen LogP) is -4.55. The van der Waals surface area contributed by atoms with Crippen molar-refractivity contribution in [3.63, 3.8) is 0 Å². The normalized spacial score (nSPS) is 19.3. The Morgan fingerprint density at radius 3 is 1.76 bits per heavy atom. The van der Waals surface area contributed by atoms with E-state index in [1.165, 1.54) is 18.7 Å². The Kier molecular flexibility index (Phi) is 24.9. The Hall–Kier alpha value is -5.95. The third-order valence-corrected chi connectivity index (χ3v) is 11.2. The molecule has 0 bridgehead atoms. The first-order chi connectivity index (χ1) is 31.9. The predicted molar refractivity (Wildman–Crippen MR) is 244 cm³/mol. The summed E-state index contributed by atoms with van der Waals surface area (Å²) in [7, 11) is 0. The molecule has 0 aromatic heterocycles. The van der Waals surface area contributed by atoms with Crippen molar-refractivity contribution in [1.29, 1.82) is 0 Å². The maximum atomic E-state index is 13.6. The fourth-order valence-electron chi connectivity index (χ4n) is 7.52. The second kappa shape index (κ2) is 29.1. The Labute approximate surface area is 396 Å². The number of likely N-dealkylation sites (tertiary alicyclic amines) is 1. The molecule has 384 valence electrons. The van der Waals surface area contributed by atoms with Crippen LogP contribution in [-0.2, 0) is 52.7 Å². The van der Waals surface area contributed by atoms with Gasteiger partial charge in [0.25, 0.3) is 0 Å². The van der Waals surface area contributed by atoms with Crippen LogP contribution in [0, 0.1) is 11.8 Å². The monoisotopic (exact) mass is 967 g/mol. The summed E-state index contributed by atoms with van der Waals surface area (Å²) in [6.07, 6.45) is 1.11. The van der Waals surface area contributed by atoms with Gasteiger partial charge in [-0.05, 0) is 90.0 Å². The number of carbonyl (C=O) groups is 11. The molecule has 0 aromatic rings. The molecule has 2 saturated heterocycles. The highest BCUT2D eigenvalue weighted by molar-refractivity contribution is 5.97. The van der Waals surface area contributed by atoms with Gasteiger partial charge in [-0.3, -0.25) is 47.9 Å². The number of nitrogens with two attached hydrogens (primary N) is 2. The lowest BCUT2D eigenvalue weighted by atomic mass is 10.0. The molecule has 0 unspecified atom stereocenters. The van der Waals surface area contributed by atoms with Crippen LogP contribution < -0.4 is 59.3 Å². The summed E-state index contributed by atoms with van der Waals surface area (Å²) in [5.41, 5.74) is 10.8. The highest BCUT2D eigenvalue weighted by atomic mass is 16.4. The maximum Gasteiger partial charge on any atom is 0.326 e. The lowest BCUT2D eigenvalue weighted by Gasteiger charge is -2.27.